The molecule has 3 heterocycles. The molecule has 0 aliphatic carbocycles. The number of nitrogens with zero attached hydrogens (tertiary/aromatic N) is 3. The number of esters is 1. The standard InChI is InChI=1S/C25H28N4O5/c1-2-32-24(31)21-22(18-6-4-3-5-7-18)26-25(27-23(21)30)29-12-10-28(11-13-29)15-17-8-9-19-20(14-17)34-16-33-19/h3-9,14,21-22H,2,10-13,15-16H2,1H3,(H,26,27,30)/t21-,22+/m0/s1. The van der Waals surface area contributed by atoms with Crippen molar-refractivity contribution in [2.45, 2.75) is 19.5 Å². The predicted octanol–water partition coefficient (Wildman–Crippen LogP) is 1.94. The van der Waals surface area contributed by atoms with Crippen LogP contribution in [0.1, 0.15) is 24.1 Å². The van der Waals surface area contributed by atoms with Gasteiger partial charge >= 0.3 is 5.97 Å². The summed E-state index contributed by atoms with van der Waals surface area (Å²) in [5.41, 5.74) is 1.98. The number of carbonyl (C=O) groups excluding carboxylic acids is 2. The van der Waals surface area contributed by atoms with Crippen LogP contribution in [-0.2, 0) is 20.9 Å². The third kappa shape index (κ3) is 4.56. The van der Waals surface area contributed by atoms with Crippen LogP contribution >= 0.6 is 0 Å². The lowest BCUT2D eigenvalue weighted by Crippen LogP contribution is -2.57. The zero-order valence-electron chi connectivity index (χ0n) is 19.1. The first-order valence-electron chi connectivity index (χ1n) is 11.6. The van der Waals surface area contributed by atoms with Gasteiger partial charge in [0.2, 0.25) is 18.7 Å². The molecule has 0 radical (unpaired) electrons. The van der Waals surface area contributed by atoms with Crippen LogP contribution < -0.4 is 14.8 Å². The van der Waals surface area contributed by atoms with Crippen LogP contribution in [0.5, 0.6) is 11.5 Å². The second-order valence-electron chi connectivity index (χ2n) is 8.48. The molecule has 0 spiro atoms. The van der Waals surface area contributed by atoms with Crippen molar-refractivity contribution in [3.05, 3.63) is 59.7 Å². The van der Waals surface area contributed by atoms with Gasteiger partial charge in [0.15, 0.2) is 17.4 Å². The van der Waals surface area contributed by atoms with Crippen molar-refractivity contribution < 1.29 is 23.8 Å². The van der Waals surface area contributed by atoms with Crippen molar-refractivity contribution in [3.8, 4) is 11.5 Å². The van der Waals surface area contributed by atoms with Crippen molar-refractivity contribution in [3.63, 3.8) is 0 Å². The van der Waals surface area contributed by atoms with Crippen LogP contribution in [0.3, 0.4) is 0 Å². The Kier molecular flexibility index (Phi) is 6.35. The Labute approximate surface area is 198 Å². The smallest absolute Gasteiger partial charge is 0.321 e. The summed E-state index contributed by atoms with van der Waals surface area (Å²) in [4.78, 5) is 34.8. The number of aliphatic imine (C=N–C) groups is 1. The van der Waals surface area contributed by atoms with E-state index in [9.17, 15) is 9.59 Å². The van der Waals surface area contributed by atoms with E-state index in [2.05, 4.69) is 21.2 Å². The van der Waals surface area contributed by atoms with Gasteiger partial charge in [-0.2, -0.15) is 0 Å². The Balaban J connectivity index is 1.28. The Morgan fingerprint density at radius 3 is 2.62 bits per heavy atom. The normalized spacial score (nSPS) is 22.2. The van der Waals surface area contributed by atoms with Gasteiger partial charge in [0.05, 0.1) is 6.61 Å². The fraction of sp³-hybridized carbons (Fsp3) is 0.400. The van der Waals surface area contributed by atoms with E-state index in [0.717, 1.165) is 49.8 Å². The Morgan fingerprint density at radius 1 is 1.09 bits per heavy atom. The van der Waals surface area contributed by atoms with Gasteiger partial charge in [-0.05, 0) is 30.2 Å². The molecule has 3 aliphatic heterocycles. The molecular formula is C25H28N4O5. The Hall–Kier alpha value is -3.59. The van der Waals surface area contributed by atoms with Gasteiger partial charge < -0.3 is 19.1 Å². The van der Waals surface area contributed by atoms with Gasteiger partial charge in [-0.25, -0.2) is 4.99 Å². The van der Waals surface area contributed by atoms with Gasteiger partial charge in [-0.15, -0.1) is 0 Å². The van der Waals surface area contributed by atoms with Crippen LogP contribution in [0.25, 0.3) is 0 Å². The maximum absolute atomic E-state index is 13.0. The first-order valence-corrected chi connectivity index (χ1v) is 11.6. The highest BCUT2D eigenvalue weighted by molar-refractivity contribution is 6.08. The third-order valence-electron chi connectivity index (χ3n) is 6.29. The zero-order chi connectivity index (χ0) is 23.5. The molecule has 0 bridgehead atoms. The number of amides is 1. The summed E-state index contributed by atoms with van der Waals surface area (Å²) < 4.78 is 16.1. The first-order chi connectivity index (χ1) is 16.6. The topological polar surface area (TPSA) is 92.7 Å². The summed E-state index contributed by atoms with van der Waals surface area (Å²) in [5, 5.41) is 2.86. The van der Waals surface area contributed by atoms with Crippen molar-refractivity contribution >= 4 is 17.8 Å². The molecule has 34 heavy (non-hydrogen) atoms. The molecule has 3 aliphatic rings. The average Bonchev–Trinajstić information content (AvgIpc) is 3.33. The molecule has 2 aromatic carbocycles. The van der Waals surface area contributed by atoms with Crippen LogP contribution in [0.4, 0.5) is 0 Å². The molecule has 178 valence electrons. The number of hydrogen-bond donors (Lipinski definition) is 1. The Morgan fingerprint density at radius 2 is 1.85 bits per heavy atom. The summed E-state index contributed by atoms with van der Waals surface area (Å²) in [7, 11) is 0. The molecule has 1 fully saturated rings. The predicted molar refractivity (Wildman–Crippen MR) is 124 cm³/mol. The van der Waals surface area contributed by atoms with Crippen LogP contribution in [-0.4, -0.2) is 67.2 Å². The van der Waals surface area contributed by atoms with Crippen LogP contribution in [0, 0.1) is 5.92 Å². The molecule has 5 rings (SSSR count). The van der Waals surface area contributed by atoms with E-state index >= 15 is 0 Å². The molecule has 2 atom stereocenters. The van der Waals surface area contributed by atoms with Gasteiger partial charge in [0, 0.05) is 32.7 Å². The van der Waals surface area contributed by atoms with E-state index in [1.165, 1.54) is 5.56 Å². The molecule has 9 heteroatoms. The second-order valence-corrected chi connectivity index (χ2v) is 8.48. The van der Waals surface area contributed by atoms with Gasteiger partial charge in [-0.1, -0.05) is 36.4 Å². The van der Waals surface area contributed by atoms with Crippen molar-refractivity contribution in [1.82, 2.24) is 15.1 Å². The fourth-order valence-corrected chi connectivity index (χ4v) is 4.53. The fourth-order valence-electron chi connectivity index (χ4n) is 4.53. The number of piperazine rings is 1. The lowest BCUT2D eigenvalue weighted by Gasteiger charge is -2.39. The number of guanidine groups is 1. The summed E-state index contributed by atoms with van der Waals surface area (Å²) in [6, 6.07) is 14.9. The quantitative estimate of drug-likeness (QED) is 0.534. The molecule has 2 aromatic rings. The van der Waals surface area contributed by atoms with E-state index in [0.29, 0.717) is 5.96 Å². The first kappa shape index (κ1) is 22.2. The highest BCUT2D eigenvalue weighted by Gasteiger charge is 2.42. The number of ether oxygens (including phenoxy) is 3. The highest BCUT2D eigenvalue weighted by Crippen LogP contribution is 2.33. The molecule has 0 unspecified atom stereocenters. The van der Waals surface area contributed by atoms with Crippen molar-refractivity contribution in [1.29, 1.82) is 0 Å². The summed E-state index contributed by atoms with van der Waals surface area (Å²) in [6.45, 7) is 6.10. The van der Waals surface area contributed by atoms with Gasteiger partial charge in [0.1, 0.15) is 6.04 Å². The SMILES string of the molecule is CCOC(=O)[C@@H]1C(=O)NC(N2CCN(Cc3ccc4c(c3)OCO4)CC2)=N[C@@H]1c1ccccc1. The average molecular weight is 465 g/mol. The minimum atomic E-state index is -1.00. The van der Waals surface area contributed by atoms with E-state index in [1.807, 2.05) is 42.5 Å². The lowest BCUT2D eigenvalue weighted by molar-refractivity contribution is -0.153. The maximum atomic E-state index is 13.0. The van der Waals surface area contributed by atoms with Crippen molar-refractivity contribution in [2.24, 2.45) is 10.9 Å². The highest BCUT2D eigenvalue weighted by atomic mass is 16.7. The largest absolute Gasteiger partial charge is 0.465 e. The van der Waals surface area contributed by atoms with E-state index in [-0.39, 0.29) is 19.3 Å². The molecule has 0 saturated carbocycles. The second kappa shape index (κ2) is 9.72. The van der Waals surface area contributed by atoms with Crippen LogP contribution in [0.15, 0.2) is 53.5 Å². The summed E-state index contributed by atoms with van der Waals surface area (Å²) >= 11 is 0. The molecule has 9 nitrogen and oxygen atoms in total. The van der Waals surface area contributed by atoms with Gasteiger partial charge in [0.25, 0.3) is 0 Å². The van der Waals surface area contributed by atoms with E-state index < -0.39 is 17.9 Å². The third-order valence-corrected chi connectivity index (χ3v) is 6.29. The van der Waals surface area contributed by atoms with E-state index in [1.54, 1.807) is 6.92 Å². The number of rotatable bonds is 5. The summed E-state index contributed by atoms with van der Waals surface area (Å²) in [6.07, 6.45) is 0. The summed E-state index contributed by atoms with van der Waals surface area (Å²) in [5.74, 6) is 0.165. The number of hydrogen-bond acceptors (Lipinski definition) is 8. The van der Waals surface area contributed by atoms with Crippen molar-refractivity contribution in [2.75, 3.05) is 39.6 Å². The molecule has 0 aromatic heterocycles. The minimum absolute atomic E-state index is 0.214. The minimum Gasteiger partial charge on any atom is -0.465 e. The van der Waals surface area contributed by atoms with Gasteiger partial charge in [-0.3, -0.25) is 19.8 Å². The molecule has 1 N–H and O–H groups in total. The van der Waals surface area contributed by atoms with E-state index in [4.69, 9.17) is 19.2 Å². The molecular weight excluding hydrogens is 436 g/mol. The number of fused-ring (bicyclic) bond motifs is 1. The Bertz CT molecular complexity index is 1080. The number of carbonyl (C=O) groups is 2. The monoisotopic (exact) mass is 464 g/mol. The maximum Gasteiger partial charge on any atom is 0.321 e. The number of benzene rings is 2. The lowest BCUT2D eigenvalue weighted by atomic mass is 9.91. The molecule has 1 amide bonds. The molecule has 1 saturated heterocycles. The zero-order valence-corrected chi connectivity index (χ0v) is 19.1. The number of nitrogens with one attached hydrogen (secondary N) is 1. The van der Waals surface area contributed by atoms with Crippen LogP contribution in [0.2, 0.25) is 0 Å².